The molecule has 0 radical (unpaired) electrons. The van der Waals surface area contributed by atoms with Gasteiger partial charge in [-0.3, -0.25) is 4.79 Å². The SMILES string of the molecule is CN(c1ncc[nH]c1=O)C1CN(c2ccc(C3CC3)nn2)C1. The number of aromatic amines is 1. The third kappa shape index (κ3) is 2.32. The van der Waals surface area contributed by atoms with E-state index >= 15 is 0 Å². The Morgan fingerprint density at radius 1 is 1.27 bits per heavy atom. The predicted molar refractivity (Wildman–Crippen MR) is 83.3 cm³/mol. The molecule has 3 heterocycles. The summed E-state index contributed by atoms with van der Waals surface area (Å²) < 4.78 is 0. The number of aromatic nitrogens is 4. The Kier molecular flexibility index (Phi) is 3.06. The molecule has 22 heavy (non-hydrogen) atoms. The zero-order valence-corrected chi connectivity index (χ0v) is 12.4. The molecule has 0 aromatic carbocycles. The number of anilines is 2. The summed E-state index contributed by atoms with van der Waals surface area (Å²) in [5.74, 6) is 2.00. The summed E-state index contributed by atoms with van der Waals surface area (Å²) in [6.45, 7) is 1.65. The first kappa shape index (κ1) is 13.2. The highest BCUT2D eigenvalue weighted by Gasteiger charge is 2.33. The van der Waals surface area contributed by atoms with E-state index in [9.17, 15) is 4.79 Å². The van der Waals surface area contributed by atoms with Crippen molar-refractivity contribution in [2.75, 3.05) is 29.9 Å². The topological polar surface area (TPSA) is 78.0 Å². The van der Waals surface area contributed by atoms with E-state index in [0.717, 1.165) is 24.6 Å². The second-order valence-electron chi connectivity index (χ2n) is 6.00. The van der Waals surface area contributed by atoms with E-state index in [1.54, 1.807) is 12.4 Å². The van der Waals surface area contributed by atoms with Crippen molar-refractivity contribution in [3.05, 3.63) is 40.6 Å². The van der Waals surface area contributed by atoms with Gasteiger partial charge < -0.3 is 14.8 Å². The highest BCUT2D eigenvalue weighted by atomic mass is 16.1. The lowest BCUT2D eigenvalue weighted by Crippen LogP contribution is -2.60. The lowest BCUT2D eigenvalue weighted by molar-refractivity contribution is 0.486. The molecule has 1 saturated carbocycles. The van der Waals surface area contributed by atoms with Crippen LogP contribution in [0.15, 0.2) is 29.3 Å². The minimum atomic E-state index is -0.156. The molecule has 7 nitrogen and oxygen atoms in total. The Labute approximate surface area is 128 Å². The molecule has 0 amide bonds. The van der Waals surface area contributed by atoms with Crippen molar-refractivity contribution < 1.29 is 0 Å². The molecule has 2 aliphatic rings. The maximum Gasteiger partial charge on any atom is 0.290 e. The summed E-state index contributed by atoms with van der Waals surface area (Å²) in [7, 11) is 1.90. The molecule has 1 N–H and O–H groups in total. The molecule has 0 bridgehead atoms. The van der Waals surface area contributed by atoms with Gasteiger partial charge in [-0.15, -0.1) is 5.10 Å². The molecule has 114 valence electrons. The second-order valence-corrected chi connectivity index (χ2v) is 6.00. The molecule has 4 rings (SSSR count). The van der Waals surface area contributed by atoms with Crippen LogP contribution in [0.5, 0.6) is 0 Å². The number of H-pyrrole nitrogens is 1. The van der Waals surface area contributed by atoms with Gasteiger partial charge in [0.1, 0.15) is 0 Å². The van der Waals surface area contributed by atoms with E-state index in [4.69, 9.17) is 0 Å². The van der Waals surface area contributed by atoms with Crippen LogP contribution in [0.4, 0.5) is 11.6 Å². The summed E-state index contributed by atoms with van der Waals surface area (Å²) in [6, 6.07) is 4.39. The monoisotopic (exact) mass is 298 g/mol. The van der Waals surface area contributed by atoms with Crippen LogP contribution >= 0.6 is 0 Å². The lowest BCUT2D eigenvalue weighted by Gasteiger charge is -2.44. The van der Waals surface area contributed by atoms with Crippen LogP contribution in [0, 0.1) is 0 Å². The standard InChI is InChI=1S/C15H18N6O/c1-20(14-15(22)17-7-6-16-14)11-8-21(9-11)13-5-4-12(18-19-13)10-2-3-10/h4-7,10-11H,2-3,8-9H2,1H3,(H,17,22). The zero-order valence-electron chi connectivity index (χ0n) is 12.4. The van der Waals surface area contributed by atoms with E-state index in [1.807, 2.05) is 18.0 Å². The van der Waals surface area contributed by atoms with Gasteiger partial charge in [0.05, 0.1) is 11.7 Å². The molecule has 2 aromatic heterocycles. The molecular formula is C15H18N6O. The van der Waals surface area contributed by atoms with Gasteiger partial charge in [-0.25, -0.2) is 4.98 Å². The number of hydrogen-bond donors (Lipinski definition) is 1. The molecule has 2 fully saturated rings. The normalized spacial score (nSPS) is 18.1. The molecular weight excluding hydrogens is 280 g/mol. The molecule has 0 unspecified atom stereocenters. The van der Waals surface area contributed by atoms with Crippen molar-refractivity contribution >= 4 is 11.6 Å². The van der Waals surface area contributed by atoms with Gasteiger partial charge in [0.25, 0.3) is 5.56 Å². The van der Waals surface area contributed by atoms with Gasteiger partial charge >= 0.3 is 0 Å². The highest BCUT2D eigenvalue weighted by Crippen LogP contribution is 2.38. The number of nitrogens with one attached hydrogen (secondary N) is 1. The minimum Gasteiger partial charge on any atom is -0.351 e. The van der Waals surface area contributed by atoms with Crippen LogP contribution < -0.4 is 15.4 Å². The van der Waals surface area contributed by atoms with E-state index in [2.05, 4.69) is 31.1 Å². The molecule has 1 aliphatic heterocycles. The van der Waals surface area contributed by atoms with Crippen molar-refractivity contribution in [1.29, 1.82) is 0 Å². The first-order valence-electron chi connectivity index (χ1n) is 7.57. The van der Waals surface area contributed by atoms with Gasteiger partial charge in [0, 0.05) is 38.4 Å². The summed E-state index contributed by atoms with van der Waals surface area (Å²) in [5, 5.41) is 8.63. The van der Waals surface area contributed by atoms with E-state index in [0.29, 0.717) is 11.7 Å². The summed E-state index contributed by atoms with van der Waals surface area (Å²) in [6.07, 6.45) is 5.63. The first-order chi connectivity index (χ1) is 10.7. The summed E-state index contributed by atoms with van der Waals surface area (Å²) in [4.78, 5) is 22.7. The van der Waals surface area contributed by atoms with Gasteiger partial charge in [0.15, 0.2) is 11.6 Å². The predicted octanol–water partition coefficient (Wildman–Crippen LogP) is 0.762. The highest BCUT2D eigenvalue weighted by molar-refractivity contribution is 5.47. The van der Waals surface area contributed by atoms with Crippen LogP contribution in [0.1, 0.15) is 24.5 Å². The van der Waals surface area contributed by atoms with Crippen molar-refractivity contribution in [3.63, 3.8) is 0 Å². The Morgan fingerprint density at radius 2 is 2.09 bits per heavy atom. The lowest BCUT2D eigenvalue weighted by atomic mass is 10.1. The van der Waals surface area contributed by atoms with E-state index < -0.39 is 0 Å². The molecule has 1 aliphatic carbocycles. The van der Waals surface area contributed by atoms with Crippen molar-refractivity contribution in [1.82, 2.24) is 20.2 Å². The maximum absolute atomic E-state index is 11.8. The quantitative estimate of drug-likeness (QED) is 0.898. The van der Waals surface area contributed by atoms with Gasteiger partial charge in [0.2, 0.25) is 0 Å². The average molecular weight is 298 g/mol. The minimum absolute atomic E-state index is 0.156. The molecule has 2 aromatic rings. The van der Waals surface area contributed by atoms with Gasteiger partial charge in [-0.2, -0.15) is 5.10 Å². The van der Waals surface area contributed by atoms with Crippen LogP contribution in [-0.4, -0.2) is 46.3 Å². The van der Waals surface area contributed by atoms with Crippen LogP contribution in [0.2, 0.25) is 0 Å². The Hall–Kier alpha value is -2.44. The van der Waals surface area contributed by atoms with Gasteiger partial charge in [-0.1, -0.05) is 0 Å². The van der Waals surface area contributed by atoms with Crippen molar-refractivity contribution in [3.8, 4) is 0 Å². The molecule has 1 saturated heterocycles. The second kappa shape index (κ2) is 5.08. The molecule has 7 heteroatoms. The number of nitrogens with zero attached hydrogens (tertiary/aromatic N) is 5. The maximum atomic E-state index is 11.8. The van der Waals surface area contributed by atoms with Crippen molar-refractivity contribution in [2.45, 2.75) is 24.8 Å². The summed E-state index contributed by atoms with van der Waals surface area (Å²) >= 11 is 0. The smallest absolute Gasteiger partial charge is 0.290 e. The molecule has 0 spiro atoms. The fraction of sp³-hybridized carbons (Fsp3) is 0.467. The Bertz CT molecular complexity index is 717. The fourth-order valence-corrected chi connectivity index (χ4v) is 2.76. The van der Waals surface area contributed by atoms with Crippen molar-refractivity contribution in [2.24, 2.45) is 0 Å². The van der Waals surface area contributed by atoms with Crippen LogP contribution in [0.25, 0.3) is 0 Å². The third-order valence-electron chi connectivity index (χ3n) is 4.42. The Morgan fingerprint density at radius 3 is 2.73 bits per heavy atom. The van der Waals surface area contributed by atoms with Crippen LogP contribution in [-0.2, 0) is 0 Å². The van der Waals surface area contributed by atoms with E-state index in [1.165, 1.54) is 12.8 Å². The average Bonchev–Trinajstić information content (AvgIpc) is 3.31. The molecule has 0 atom stereocenters. The first-order valence-corrected chi connectivity index (χ1v) is 7.57. The fourth-order valence-electron chi connectivity index (χ4n) is 2.76. The largest absolute Gasteiger partial charge is 0.351 e. The third-order valence-corrected chi connectivity index (χ3v) is 4.42. The number of rotatable bonds is 4. The van der Waals surface area contributed by atoms with Gasteiger partial charge in [-0.05, 0) is 25.0 Å². The van der Waals surface area contributed by atoms with E-state index in [-0.39, 0.29) is 11.6 Å². The summed E-state index contributed by atoms with van der Waals surface area (Å²) in [5.41, 5.74) is 0.954. The zero-order chi connectivity index (χ0) is 15.1. The number of likely N-dealkylation sites (N-methyl/N-ethyl adjacent to an activating group) is 1. The Balaban J connectivity index is 1.41. The number of hydrogen-bond acceptors (Lipinski definition) is 6. The van der Waals surface area contributed by atoms with Crippen LogP contribution in [0.3, 0.4) is 0 Å².